The molecule has 0 saturated heterocycles. The Morgan fingerprint density at radius 2 is 1.73 bits per heavy atom. The molecule has 0 N–H and O–H groups in total. The number of hydrogen-bond acceptors (Lipinski definition) is 0. The Bertz CT molecular complexity index is 803. The van der Waals surface area contributed by atoms with Gasteiger partial charge in [0.25, 0.3) is 0 Å². The van der Waals surface area contributed by atoms with Crippen LogP contribution in [0.25, 0.3) is 11.1 Å². The van der Waals surface area contributed by atoms with E-state index in [2.05, 4.69) is 81.5 Å². The van der Waals surface area contributed by atoms with Crippen molar-refractivity contribution in [1.29, 1.82) is 0 Å². The van der Waals surface area contributed by atoms with Crippen LogP contribution in [0, 0.1) is 5.92 Å². The first-order chi connectivity index (χ1) is 10.6. The Balaban J connectivity index is 1.84. The van der Waals surface area contributed by atoms with E-state index in [0.29, 0.717) is 5.92 Å². The highest BCUT2D eigenvalue weighted by atomic mass is 14.4. The van der Waals surface area contributed by atoms with Gasteiger partial charge in [0.15, 0.2) is 0 Å². The molecule has 0 aliphatic heterocycles. The number of rotatable bonds is 2. The molecule has 1 atom stereocenters. The smallest absolute Gasteiger partial charge is 0.00473 e. The van der Waals surface area contributed by atoms with Crippen LogP contribution in [0.5, 0.6) is 0 Å². The van der Waals surface area contributed by atoms with Gasteiger partial charge in [-0.15, -0.1) is 0 Å². The standard InChI is InChI=1S/C22H22/c1-15-11-12-17(13-15)22(2,3)21-10-6-9-19-18-8-5-4-7-16(18)14-20(19)21/h4-13,17H,14H2,1-3H3. The Hall–Kier alpha value is -2.08. The monoisotopic (exact) mass is 286 g/mol. The van der Waals surface area contributed by atoms with Gasteiger partial charge in [0.2, 0.25) is 0 Å². The minimum absolute atomic E-state index is 0.127. The van der Waals surface area contributed by atoms with Gasteiger partial charge in [-0.25, -0.2) is 0 Å². The van der Waals surface area contributed by atoms with Crippen molar-refractivity contribution in [2.24, 2.45) is 5.92 Å². The summed E-state index contributed by atoms with van der Waals surface area (Å²) in [7, 11) is 0. The Kier molecular flexibility index (Phi) is 2.91. The molecule has 0 radical (unpaired) electrons. The summed E-state index contributed by atoms with van der Waals surface area (Å²) in [6, 6.07) is 15.7. The van der Waals surface area contributed by atoms with Gasteiger partial charge in [0, 0.05) is 5.92 Å². The summed E-state index contributed by atoms with van der Waals surface area (Å²) in [5, 5.41) is 0. The van der Waals surface area contributed by atoms with Gasteiger partial charge < -0.3 is 0 Å². The predicted molar refractivity (Wildman–Crippen MR) is 94.1 cm³/mol. The molecule has 0 aromatic heterocycles. The van der Waals surface area contributed by atoms with E-state index in [1.807, 2.05) is 0 Å². The van der Waals surface area contributed by atoms with Crippen molar-refractivity contribution in [2.45, 2.75) is 32.6 Å². The molecule has 22 heavy (non-hydrogen) atoms. The maximum atomic E-state index is 2.40. The van der Waals surface area contributed by atoms with E-state index < -0.39 is 0 Å². The lowest BCUT2D eigenvalue weighted by atomic mass is 9.71. The van der Waals surface area contributed by atoms with E-state index in [9.17, 15) is 0 Å². The van der Waals surface area contributed by atoms with Gasteiger partial charge in [-0.1, -0.05) is 80.1 Å². The second kappa shape index (κ2) is 4.71. The van der Waals surface area contributed by atoms with Crippen LogP contribution < -0.4 is 0 Å². The van der Waals surface area contributed by atoms with Crippen LogP contribution in [-0.2, 0) is 11.8 Å². The Labute approximate surface area is 133 Å². The molecule has 2 aliphatic rings. The molecule has 0 amide bonds. The quantitative estimate of drug-likeness (QED) is 0.569. The molecule has 0 saturated carbocycles. The molecular weight excluding hydrogens is 264 g/mol. The van der Waals surface area contributed by atoms with Crippen molar-refractivity contribution in [3.05, 3.63) is 83.0 Å². The number of fused-ring (bicyclic) bond motifs is 3. The fraction of sp³-hybridized carbons (Fsp3) is 0.273. The summed E-state index contributed by atoms with van der Waals surface area (Å²) in [5.74, 6) is 0.489. The molecule has 0 spiro atoms. The van der Waals surface area contributed by atoms with Crippen LogP contribution in [0.1, 0.15) is 37.5 Å². The molecule has 0 heterocycles. The van der Waals surface area contributed by atoms with E-state index in [1.165, 1.54) is 33.4 Å². The molecule has 0 fully saturated rings. The van der Waals surface area contributed by atoms with Gasteiger partial charge in [-0.05, 0) is 46.6 Å². The molecule has 2 aromatic carbocycles. The molecule has 1 unspecified atom stereocenters. The fourth-order valence-corrected chi connectivity index (χ4v) is 4.04. The Morgan fingerprint density at radius 1 is 0.955 bits per heavy atom. The highest BCUT2D eigenvalue weighted by Crippen LogP contribution is 2.45. The fourth-order valence-electron chi connectivity index (χ4n) is 4.04. The zero-order valence-corrected chi connectivity index (χ0v) is 13.6. The molecule has 0 heteroatoms. The van der Waals surface area contributed by atoms with Crippen molar-refractivity contribution in [3.8, 4) is 11.1 Å². The highest BCUT2D eigenvalue weighted by Gasteiger charge is 2.34. The number of allylic oxidation sites excluding steroid dienone is 4. The summed E-state index contributed by atoms with van der Waals surface area (Å²) in [4.78, 5) is 0. The molecule has 110 valence electrons. The summed E-state index contributed by atoms with van der Waals surface area (Å²) in [5.41, 5.74) is 8.86. The summed E-state index contributed by atoms with van der Waals surface area (Å²) >= 11 is 0. The SMILES string of the molecule is CC1=CC(C(C)(C)c2cccc3c2Cc2ccccc2-3)C=C1. The number of benzene rings is 2. The van der Waals surface area contributed by atoms with E-state index in [0.717, 1.165) is 6.42 Å². The first-order valence-electron chi connectivity index (χ1n) is 8.14. The topological polar surface area (TPSA) is 0 Å². The van der Waals surface area contributed by atoms with Gasteiger partial charge >= 0.3 is 0 Å². The molecule has 0 bridgehead atoms. The third-order valence-corrected chi connectivity index (χ3v) is 5.39. The van der Waals surface area contributed by atoms with Crippen LogP contribution in [0.15, 0.2) is 66.3 Å². The third-order valence-electron chi connectivity index (χ3n) is 5.39. The maximum Gasteiger partial charge on any atom is 0.00473 e. The van der Waals surface area contributed by atoms with Gasteiger partial charge in [-0.2, -0.15) is 0 Å². The van der Waals surface area contributed by atoms with Crippen LogP contribution in [0.4, 0.5) is 0 Å². The average molecular weight is 286 g/mol. The second-order valence-corrected chi connectivity index (χ2v) is 7.18. The lowest BCUT2D eigenvalue weighted by Gasteiger charge is -2.32. The van der Waals surface area contributed by atoms with Crippen molar-refractivity contribution >= 4 is 0 Å². The van der Waals surface area contributed by atoms with Crippen molar-refractivity contribution < 1.29 is 0 Å². The van der Waals surface area contributed by atoms with Gasteiger partial charge in [0.05, 0.1) is 0 Å². The zero-order chi connectivity index (χ0) is 15.3. The predicted octanol–water partition coefficient (Wildman–Crippen LogP) is 5.67. The second-order valence-electron chi connectivity index (χ2n) is 7.18. The highest BCUT2D eigenvalue weighted by molar-refractivity contribution is 5.78. The minimum atomic E-state index is 0.127. The van der Waals surface area contributed by atoms with Crippen LogP contribution in [-0.4, -0.2) is 0 Å². The lowest BCUT2D eigenvalue weighted by molar-refractivity contribution is 0.445. The van der Waals surface area contributed by atoms with Crippen LogP contribution in [0.2, 0.25) is 0 Å². The third kappa shape index (κ3) is 1.90. The normalized spacial score (nSPS) is 19.0. The summed E-state index contributed by atoms with van der Waals surface area (Å²) < 4.78 is 0. The molecule has 4 rings (SSSR count). The van der Waals surface area contributed by atoms with Crippen molar-refractivity contribution in [2.75, 3.05) is 0 Å². The molecule has 0 nitrogen and oxygen atoms in total. The molecule has 2 aliphatic carbocycles. The lowest BCUT2D eigenvalue weighted by Crippen LogP contribution is -2.26. The number of hydrogen-bond donors (Lipinski definition) is 0. The zero-order valence-electron chi connectivity index (χ0n) is 13.6. The molecule has 2 aromatic rings. The minimum Gasteiger partial charge on any atom is -0.0765 e. The van der Waals surface area contributed by atoms with Crippen molar-refractivity contribution in [1.82, 2.24) is 0 Å². The van der Waals surface area contributed by atoms with Crippen LogP contribution >= 0.6 is 0 Å². The van der Waals surface area contributed by atoms with E-state index >= 15 is 0 Å². The van der Waals surface area contributed by atoms with Crippen molar-refractivity contribution in [3.63, 3.8) is 0 Å². The first kappa shape index (κ1) is 13.6. The van der Waals surface area contributed by atoms with E-state index in [-0.39, 0.29) is 5.41 Å². The van der Waals surface area contributed by atoms with E-state index in [4.69, 9.17) is 0 Å². The largest absolute Gasteiger partial charge is 0.0765 e. The Morgan fingerprint density at radius 3 is 2.50 bits per heavy atom. The van der Waals surface area contributed by atoms with Gasteiger partial charge in [0.1, 0.15) is 0 Å². The average Bonchev–Trinajstić information content (AvgIpc) is 3.10. The summed E-state index contributed by atoms with van der Waals surface area (Å²) in [6.45, 7) is 6.96. The van der Waals surface area contributed by atoms with E-state index in [1.54, 1.807) is 0 Å². The van der Waals surface area contributed by atoms with Crippen LogP contribution in [0.3, 0.4) is 0 Å². The maximum absolute atomic E-state index is 2.40. The summed E-state index contributed by atoms with van der Waals surface area (Å²) in [6.07, 6.45) is 8.09. The first-order valence-corrected chi connectivity index (χ1v) is 8.14. The molecular formula is C22H22. The van der Waals surface area contributed by atoms with Gasteiger partial charge in [-0.3, -0.25) is 0 Å².